The number of aromatic nitrogens is 2. The molecule has 0 saturated carbocycles. The summed E-state index contributed by atoms with van der Waals surface area (Å²) in [5, 5.41) is 0. The van der Waals surface area contributed by atoms with E-state index in [1.165, 1.54) is 0 Å². The number of aromatic amines is 1. The van der Waals surface area contributed by atoms with Crippen LogP contribution in [-0.4, -0.2) is 23.2 Å². The fraction of sp³-hybridized carbons (Fsp3) is 0.636. The van der Waals surface area contributed by atoms with Crippen LogP contribution in [0.15, 0.2) is 0 Å². The second kappa shape index (κ2) is 4.41. The van der Waals surface area contributed by atoms with Crippen molar-refractivity contribution in [2.45, 2.75) is 32.6 Å². The van der Waals surface area contributed by atoms with Crippen molar-refractivity contribution in [1.82, 2.24) is 9.97 Å². The summed E-state index contributed by atoms with van der Waals surface area (Å²) in [4.78, 5) is 7.81. The van der Waals surface area contributed by atoms with Crippen LogP contribution >= 0.6 is 12.2 Å². The predicted octanol–water partition coefficient (Wildman–Crippen LogP) is 2.65. The molecule has 0 amide bonds. The van der Waals surface area contributed by atoms with Crippen LogP contribution in [0.5, 0.6) is 0 Å². The lowest BCUT2D eigenvalue weighted by Crippen LogP contribution is -2.17. The van der Waals surface area contributed by atoms with Crippen molar-refractivity contribution in [3.05, 3.63) is 21.7 Å². The molecule has 1 aromatic rings. The summed E-state index contributed by atoms with van der Waals surface area (Å²) >= 11 is 5.24. The smallest absolute Gasteiger partial charge is 0.132 e. The number of aryl methyl sites for hydroxylation is 1. The molecule has 2 rings (SSSR count). The van der Waals surface area contributed by atoms with Crippen LogP contribution < -0.4 is 0 Å². The molecule has 0 atom stereocenters. The van der Waals surface area contributed by atoms with Crippen molar-refractivity contribution in [2.24, 2.45) is 0 Å². The van der Waals surface area contributed by atoms with Gasteiger partial charge in [0.25, 0.3) is 0 Å². The second-order valence-electron chi connectivity index (χ2n) is 4.06. The van der Waals surface area contributed by atoms with E-state index in [-0.39, 0.29) is 0 Å². The zero-order valence-electron chi connectivity index (χ0n) is 9.17. The summed E-state index contributed by atoms with van der Waals surface area (Å²) in [5.74, 6) is 1.52. The molecule has 2 heterocycles. The van der Waals surface area contributed by atoms with E-state index < -0.39 is 0 Å². The van der Waals surface area contributed by atoms with Gasteiger partial charge in [-0.2, -0.15) is 0 Å². The molecule has 0 aromatic carbocycles. The van der Waals surface area contributed by atoms with Crippen molar-refractivity contribution >= 4 is 12.2 Å². The molecular formula is C11H16N2OS. The zero-order chi connectivity index (χ0) is 10.8. The third-order valence-electron chi connectivity index (χ3n) is 3.03. The Morgan fingerprint density at radius 1 is 1.33 bits per heavy atom. The molecule has 0 spiro atoms. The van der Waals surface area contributed by atoms with Gasteiger partial charge in [-0.3, -0.25) is 0 Å². The number of hydrogen-bond donors (Lipinski definition) is 1. The van der Waals surface area contributed by atoms with Crippen molar-refractivity contribution in [3.8, 4) is 0 Å². The maximum Gasteiger partial charge on any atom is 0.132 e. The highest BCUT2D eigenvalue weighted by atomic mass is 32.1. The first kappa shape index (κ1) is 10.8. The number of H-pyrrole nitrogens is 1. The first-order valence-corrected chi connectivity index (χ1v) is 5.74. The monoisotopic (exact) mass is 224 g/mol. The molecule has 4 heteroatoms. The van der Waals surface area contributed by atoms with Gasteiger partial charge in [-0.15, -0.1) is 0 Å². The molecular weight excluding hydrogens is 208 g/mol. The molecule has 1 N–H and O–H groups in total. The number of ether oxygens (including phenoxy) is 1. The van der Waals surface area contributed by atoms with Crippen molar-refractivity contribution < 1.29 is 4.74 Å². The maximum atomic E-state index is 5.34. The van der Waals surface area contributed by atoms with Crippen LogP contribution in [-0.2, 0) is 4.74 Å². The molecule has 0 unspecified atom stereocenters. The minimum Gasteiger partial charge on any atom is -0.381 e. The van der Waals surface area contributed by atoms with E-state index in [9.17, 15) is 0 Å². The number of nitrogens with one attached hydrogen (secondary N) is 1. The third-order valence-corrected chi connectivity index (χ3v) is 3.43. The van der Waals surface area contributed by atoms with Crippen molar-refractivity contribution in [3.63, 3.8) is 0 Å². The van der Waals surface area contributed by atoms with Gasteiger partial charge in [0.2, 0.25) is 0 Å². The second-order valence-corrected chi connectivity index (χ2v) is 4.45. The van der Waals surface area contributed by atoms with Crippen LogP contribution in [0.25, 0.3) is 0 Å². The largest absolute Gasteiger partial charge is 0.381 e. The zero-order valence-corrected chi connectivity index (χ0v) is 9.99. The fourth-order valence-electron chi connectivity index (χ4n) is 1.83. The normalized spacial score (nSPS) is 18.0. The molecule has 15 heavy (non-hydrogen) atoms. The molecule has 0 bridgehead atoms. The minimum atomic E-state index is 0.486. The summed E-state index contributed by atoms with van der Waals surface area (Å²) in [7, 11) is 0. The number of rotatable bonds is 1. The van der Waals surface area contributed by atoms with Crippen molar-refractivity contribution in [2.75, 3.05) is 13.2 Å². The molecule has 1 aromatic heterocycles. The molecule has 82 valence electrons. The van der Waals surface area contributed by atoms with Crippen LogP contribution in [0, 0.1) is 18.5 Å². The standard InChI is InChI=1S/C11H16N2OS/c1-7-8(2)12-10(13-11(7)15)9-3-5-14-6-4-9/h9H,3-6H2,1-2H3,(H,12,13,15). The van der Waals surface area contributed by atoms with Gasteiger partial charge >= 0.3 is 0 Å². The van der Waals surface area contributed by atoms with Crippen molar-refractivity contribution in [1.29, 1.82) is 0 Å². The van der Waals surface area contributed by atoms with Crippen LogP contribution in [0.2, 0.25) is 0 Å². The molecule has 1 aliphatic heterocycles. The lowest BCUT2D eigenvalue weighted by atomic mass is 9.99. The SMILES string of the molecule is Cc1[nH]c(C2CCOCC2)nc(=S)c1C. The Morgan fingerprint density at radius 3 is 2.60 bits per heavy atom. The number of nitrogens with zero attached hydrogens (tertiary/aromatic N) is 1. The van der Waals surface area contributed by atoms with Gasteiger partial charge < -0.3 is 9.72 Å². The lowest BCUT2D eigenvalue weighted by Gasteiger charge is -2.21. The first-order valence-electron chi connectivity index (χ1n) is 5.33. The van der Waals surface area contributed by atoms with Gasteiger partial charge in [-0.05, 0) is 26.7 Å². The average molecular weight is 224 g/mol. The Bertz CT molecular complexity index is 408. The van der Waals surface area contributed by atoms with Gasteiger partial charge in [-0.25, -0.2) is 4.98 Å². The molecule has 1 aliphatic rings. The number of hydrogen-bond acceptors (Lipinski definition) is 3. The topological polar surface area (TPSA) is 37.9 Å². The Kier molecular flexibility index (Phi) is 3.17. The fourth-order valence-corrected chi connectivity index (χ4v) is 2.08. The molecule has 0 aliphatic carbocycles. The average Bonchev–Trinajstić information content (AvgIpc) is 2.26. The van der Waals surface area contributed by atoms with E-state index in [1.807, 2.05) is 6.92 Å². The first-order chi connectivity index (χ1) is 7.18. The van der Waals surface area contributed by atoms with E-state index in [0.29, 0.717) is 5.92 Å². The molecule has 3 nitrogen and oxygen atoms in total. The van der Waals surface area contributed by atoms with Gasteiger partial charge in [0, 0.05) is 30.4 Å². The predicted molar refractivity (Wildman–Crippen MR) is 61.7 cm³/mol. The summed E-state index contributed by atoms with van der Waals surface area (Å²) in [6.45, 7) is 5.73. The van der Waals surface area contributed by atoms with Gasteiger partial charge in [0.1, 0.15) is 10.5 Å². The van der Waals surface area contributed by atoms with Gasteiger partial charge in [0.15, 0.2) is 0 Å². The molecule has 1 fully saturated rings. The maximum absolute atomic E-state index is 5.34. The third kappa shape index (κ3) is 2.26. The van der Waals surface area contributed by atoms with Crippen LogP contribution in [0.3, 0.4) is 0 Å². The Labute approximate surface area is 94.9 Å². The highest BCUT2D eigenvalue weighted by Gasteiger charge is 2.18. The van der Waals surface area contributed by atoms with Crippen LogP contribution in [0.1, 0.15) is 35.8 Å². The Hall–Kier alpha value is -0.740. The lowest BCUT2D eigenvalue weighted by molar-refractivity contribution is 0.0835. The quantitative estimate of drug-likeness (QED) is 0.745. The minimum absolute atomic E-state index is 0.486. The Morgan fingerprint density at radius 2 is 2.00 bits per heavy atom. The van der Waals surface area contributed by atoms with E-state index in [1.54, 1.807) is 0 Å². The highest BCUT2D eigenvalue weighted by molar-refractivity contribution is 7.71. The van der Waals surface area contributed by atoms with E-state index in [0.717, 1.165) is 47.8 Å². The highest BCUT2D eigenvalue weighted by Crippen LogP contribution is 2.24. The molecule has 0 radical (unpaired) electrons. The summed E-state index contributed by atoms with van der Waals surface area (Å²) in [6.07, 6.45) is 2.08. The van der Waals surface area contributed by atoms with E-state index in [2.05, 4.69) is 16.9 Å². The van der Waals surface area contributed by atoms with Gasteiger partial charge in [0.05, 0.1) is 0 Å². The van der Waals surface area contributed by atoms with Crippen LogP contribution in [0.4, 0.5) is 0 Å². The van der Waals surface area contributed by atoms with E-state index >= 15 is 0 Å². The Balaban J connectivity index is 2.32. The summed E-state index contributed by atoms with van der Waals surface area (Å²) in [5.41, 5.74) is 2.22. The summed E-state index contributed by atoms with van der Waals surface area (Å²) < 4.78 is 6.07. The van der Waals surface area contributed by atoms with E-state index in [4.69, 9.17) is 17.0 Å². The summed E-state index contributed by atoms with van der Waals surface area (Å²) in [6, 6.07) is 0. The molecule has 1 saturated heterocycles. The van der Waals surface area contributed by atoms with Gasteiger partial charge in [-0.1, -0.05) is 12.2 Å².